The number of piperidine rings is 1. The highest BCUT2D eigenvalue weighted by atomic mass is 16.3. The number of hydrogen-bond donors (Lipinski definition) is 0. The van der Waals surface area contributed by atoms with Gasteiger partial charge in [0.2, 0.25) is 0 Å². The molecule has 1 rings (SSSR count). The summed E-state index contributed by atoms with van der Waals surface area (Å²) in [5.41, 5.74) is 0. The van der Waals surface area contributed by atoms with Crippen LogP contribution in [-0.4, -0.2) is 30.6 Å². The summed E-state index contributed by atoms with van der Waals surface area (Å²) in [5, 5.41) is 10.8. The summed E-state index contributed by atoms with van der Waals surface area (Å²) < 4.78 is 0. The van der Waals surface area contributed by atoms with Crippen molar-refractivity contribution in [3.63, 3.8) is 0 Å². The van der Waals surface area contributed by atoms with E-state index < -0.39 is 6.10 Å². The smallest absolute Gasteiger partial charge is 0.103 e. The first-order chi connectivity index (χ1) is 4.79. The molecule has 0 aromatic carbocycles. The van der Waals surface area contributed by atoms with Crippen molar-refractivity contribution in [2.75, 3.05) is 19.6 Å². The normalized spacial score (nSPS) is 24.6. The molecule has 1 fully saturated rings. The minimum absolute atomic E-state index is 0.405. The first kappa shape index (κ1) is 8.02. The standard InChI is InChI=1S/C8H16NO/c1-8(10)7-9-5-3-2-4-6-9/h8H,2-7H2,1H3. The van der Waals surface area contributed by atoms with Crippen molar-refractivity contribution >= 4 is 0 Å². The molecule has 1 unspecified atom stereocenters. The monoisotopic (exact) mass is 142 g/mol. The predicted octanol–water partition coefficient (Wildman–Crippen LogP) is 1.29. The Bertz CT molecular complexity index is 87.3. The van der Waals surface area contributed by atoms with E-state index in [1.165, 1.54) is 19.3 Å². The quantitative estimate of drug-likeness (QED) is 0.569. The number of likely N-dealkylation sites (tertiary alicyclic amines) is 1. The molecule has 1 atom stereocenters. The van der Waals surface area contributed by atoms with Gasteiger partial charge in [-0.25, -0.2) is 5.11 Å². The van der Waals surface area contributed by atoms with E-state index in [1.807, 2.05) is 0 Å². The summed E-state index contributed by atoms with van der Waals surface area (Å²) >= 11 is 0. The fourth-order valence-electron chi connectivity index (χ4n) is 1.51. The Labute approximate surface area is 62.8 Å². The Morgan fingerprint density at radius 2 is 1.90 bits per heavy atom. The van der Waals surface area contributed by atoms with Gasteiger partial charge in [0.25, 0.3) is 0 Å². The third-order valence-electron chi connectivity index (χ3n) is 1.96. The summed E-state index contributed by atoms with van der Waals surface area (Å²) in [7, 11) is 0. The zero-order valence-electron chi connectivity index (χ0n) is 6.68. The van der Waals surface area contributed by atoms with Gasteiger partial charge in [0.15, 0.2) is 0 Å². The van der Waals surface area contributed by atoms with Crippen molar-refractivity contribution in [3.8, 4) is 0 Å². The van der Waals surface area contributed by atoms with E-state index in [9.17, 15) is 5.11 Å². The molecule has 10 heavy (non-hydrogen) atoms. The van der Waals surface area contributed by atoms with Crippen molar-refractivity contribution in [2.45, 2.75) is 32.3 Å². The van der Waals surface area contributed by atoms with Crippen LogP contribution in [0.1, 0.15) is 26.2 Å². The molecule has 1 saturated heterocycles. The Morgan fingerprint density at radius 1 is 1.30 bits per heavy atom. The summed E-state index contributed by atoms with van der Waals surface area (Å²) in [5.74, 6) is 0. The molecule has 2 nitrogen and oxygen atoms in total. The van der Waals surface area contributed by atoms with E-state index in [4.69, 9.17) is 0 Å². The molecule has 0 aromatic heterocycles. The topological polar surface area (TPSA) is 23.1 Å². The number of nitrogens with zero attached hydrogens (tertiary/aromatic N) is 1. The fourth-order valence-corrected chi connectivity index (χ4v) is 1.51. The van der Waals surface area contributed by atoms with Gasteiger partial charge in [-0.1, -0.05) is 6.42 Å². The summed E-state index contributed by atoms with van der Waals surface area (Å²) in [6.07, 6.45) is 3.52. The molecule has 0 aromatic rings. The van der Waals surface area contributed by atoms with Gasteiger partial charge in [-0.15, -0.1) is 0 Å². The summed E-state index contributed by atoms with van der Waals surface area (Å²) in [6, 6.07) is 0. The lowest BCUT2D eigenvalue weighted by Crippen LogP contribution is -2.34. The van der Waals surface area contributed by atoms with E-state index >= 15 is 0 Å². The maximum absolute atomic E-state index is 10.8. The highest BCUT2D eigenvalue weighted by Crippen LogP contribution is 2.08. The summed E-state index contributed by atoms with van der Waals surface area (Å²) in [4.78, 5) is 2.28. The molecule has 59 valence electrons. The third kappa shape index (κ3) is 2.67. The molecule has 1 heterocycles. The van der Waals surface area contributed by atoms with Gasteiger partial charge in [-0.3, -0.25) is 0 Å². The zero-order chi connectivity index (χ0) is 7.40. The molecule has 1 radical (unpaired) electrons. The average Bonchev–Trinajstić information content (AvgIpc) is 1.88. The Kier molecular flexibility index (Phi) is 3.16. The van der Waals surface area contributed by atoms with E-state index in [0.717, 1.165) is 19.6 Å². The lowest BCUT2D eigenvalue weighted by Gasteiger charge is -2.26. The minimum atomic E-state index is -0.405. The van der Waals surface area contributed by atoms with E-state index in [2.05, 4.69) is 4.90 Å². The van der Waals surface area contributed by atoms with Crippen molar-refractivity contribution in [2.24, 2.45) is 0 Å². The lowest BCUT2D eigenvalue weighted by atomic mass is 10.1. The van der Waals surface area contributed by atoms with Gasteiger partial charge in [0, 0.05) is 6.54 Å². The van der Waals surface area contributed by atoms with Crippen LogP contribution in [0.2, 0.25) is 0 Å². The second-order valence-corrected chi connectivity index (χ2v) is 3.17. The molecule has 0 amide bonds. The van der Waals surface area contributed by atoms with Crippen LogP contribution in [0.4, 0.5) is 0 Å². The van der Waals surface area contributed by atoms with Crippen molar-refractivity contribution < 1.29 is 5.11 Å². The molecule has 0 spiro atoms. The van der Waals surface area contributed by atoms with Gasteiger partial charge in [-0.05, 0) is 32.9 Å². The first-order valence-electron chi connectivity index (χ1n) is 4.17. The second-order valence-electron chi connectivity index (χ2n) is 3.17. The predicted molar refractivity (Wildman–Crippen MR) is 40.4 cm³/mol. The minimum Gasteiger partial charge on any atom is -0.301 e. The van der Waals surface area contributed by atoms with Crippen LogP contribution in [0.3, 0.4) is 0 Å². The molecule has 0 saturated carbocycles. The lowest BCUT2D eigenvalue weighted by molar-refractivity contribution is 0.0580. The van der Waals surface area contributed by atoms with Gasteiger partial charge in [0.1, 0.15) is 6.10 Å². The van der Waals surface area contributed by atoms with Gasteiger partial charge in [0.05, 0.1) is 0 Å². The van der Waals surface area contributed by atoms with Crippen molar-refractivity contribution in [1.29, 1.82) is 0 Å². The van der Waals surface area contributed by atoms with Crippen LogP contribution in [0.5, 0.6) is 0 Å². The van der Waals surface area contributed by atoms with Crippen LogP contribution >= 0.6 is 0 Å². The van der Waals surface area contributed by atoms with Crippen LogP contribution in [-0.2, 0) is 5.11 Å². The van der Waals surface area contributed by atoms with Crippen LogP contribution < -0.4 is 0 Å². The molecule has 0 bridgehead atoms. The van der Waals surface area contributed by atoms with Crippen LogP contribution in [0.15, 0.2) is 0 Å². The zero-order valence-corrected chi connectivity index (χ0v) is 6.68. The second kappa shape index (κ2) is 3.94. The van der Waals surface area contributed by atoms with Crippen LogP contribution in [0.25, 0.3) is 0 Å². The Balaban J connectivity index is 2.13. The average molecular weight is 142 g/mol. The largest absolute Gasteiger partial charge is 0.301 e. The van der Waals surface area contributed by atoms with E-state index in [0.29, 0.717) is 0 Å². The van der Waals surface area contributed by atoms with E-state index in [-0.39, 0.29) is 0 Å². The van der Waals surface area contributed by atoms with Crippen molar-refractivity contribution in [3.05, 3.63) is 0 Å². The van der Waals surface area contributed by atoms with Crippen molar-refractivity contribution in [1.82, 2.24) is 4.90 Å². The molecule has 1 aliphatic heterocycles. The molecule has 0 N–H and O–H groups in total. The Morgan fingerprint density at radius 3 is 2.40 bits per heavy atom. The maximum Gasteiger partial charge on any atom is 0.103 e. The highest BCUT2D eigenvalue weighted by Gasteiger charge is 2.11. The maximum atomic E-state index is 10.8. The molecule has 0 aliphatic carbocycles. The van der Waals surface area contributed by atoms with Crippen LogP contribution in [0, 0.1) is 0 Å². The highest BCUT2D eigenvalue weighted by molar-refractivity contribution is 4.65. The first-order valence-corrected chi connectivity index (χ1v) is 4.17. The SMILES string of the molecule is CC([O])CN1CCCCC1. The molecular formula is C8H16NO. The fraction of sp³-hybridized carbons (Fsp3) is 1.00. The Hall–Kier alpha value is -0.0800. The molecular weight excluding hydrogens is 126 g/mol. The number of rotatable bonds is 2. The van der Waals surface area contributed by atoms with Gasteiger partial charge < -0.3 is 4.90 Å². The van der Waals surface area contributed by atoms with Gasteiger partial charge in [-0.2, -0.15) is 0 Å². The van der Waals surface area contributed by atoms with E-state index in [1.54, 1.807) is 6.92 Å². The summed E-state index contributed by atoms with van der Waals surface area (Å²) in [6.45, 7) is 4.79. The third-order valence-corrected chi connectivity index (χ3v) is 1.96. The van der Waals surface area contributed by atoms with Gasteiger partial charge >= 0.3 is 0 Å². The molecule has 1 aliphatic rings. The molecule has 2 heteroatoms. The number of hydrogen-bond acceptors (Lipinski definition) is 1.